The number of Topliss-reactive ketones (excluding diaryl/α,β-unsaturated/α-hetero) is 1. The van der Waals surface area contributed by atoms with Crippen molar-refractivity contribution < 1.29 is 9.90 Å². The molecule has 4 heterocycles. The smallest absolute Gasteiger partial charge is 0.165 e. The van der Waals surface area contributed by atoms with E-state index < -0.39 is 6.10 Å². The Morgan fingerprint density at radius 1 is 1.16 bits per heavy atom. The van der Waals surface area contributed by atoms with Gasteiger partial charge in [-0.2, -0.15) is 5.10 Å². The van der Waals surface area contributed by atoms with Crippen molar-refractivity contribution in [3.05, 3.63) is 53.7 Å². The van der Waals surface area contributed by atoms with Gasteiger partial charge < -0.3 is 15.3 Å². The van der Waals surface area contributed by atoms with Crippen molar-refractivity contribution in [1.82, 2.24) is 24.5 Å². The molecule has 2 atom stereocenters. The van der Waals surface area contributed by atoms with Crippen LogP contribution in [0.5, 0.6) is 0 Å². The Hall–Kier alpha value is -3.14. The summed E-state index contributed by atoms with van der Waals surface area (Å²) in [5, 5.41) is 19.4. The number of hydrogen-bond donors (Lipinski definition) is 2. The number of thiophene rings is 1. The van der Waals surface area contributed by atoms with Crippen LogP contribution in [0.1, 0.15) is 58.3 Å². The highest BCUT2D eigenvalue weighted by Crippen LogP contribution is 2.28. The zero-order valence-corrected chi connectivity index (χ0v) is 22.1. The number of hydrogen-bond acceptors (Lipinski definition) is 8. The van der Waals surface area contributed by atoms with Crippen LogP contribution in [-0.4, -0.2) is 67.2 Å². The molecule has 4 aromatic heterocycles. The fraction of sp³-hybridized carbons (Fsp3) is 0.429. The maximum atomic E-state index is 13.3. The van der Waals surface area contributed by atoms with Crippen LogP contribution < -0.4 is 5.32 Å². The lowest BCUT2D eigenvalue weighted by Gasteiger charge is -2.26. The first kappa shape index (κ1) is 28.4. The van der Waals surface area contributed by atoms with Crippen LogP contribution in [0, 0.1) is 0 Å². The molecule has 0 aliphatic carbocycles. The van der Waals surface area contributed by atoms with Crippen molar-refractivity contribution in [3.8, 4) is 21.8 Å². The summed E-state index contributed by atoms with van der Waals surface area (Å²) in [5.74, 6) is 0.615. The summed E-state index contributed by atoms with van der Waals surface area (Å²) in [7, 11) is 0. The van der Waals surface area contributed by atoms with E-state index in [2.05, 4.69) is 36.1 Å². The molecular formula is C28H38N6O2S. The van der Waals surface area contributed by atoms with Crippen LogP contribution in [0.2, 0.25) is 0 Å². The molecule has 2 N–H and O–H groups in total. The summed E-state index contributed by atoms with van der Waals surface area (Å²) in [6.07, 6.45) is 4.31. The van der Waals surface area contributed by atoms with Crippen molar-refractivity contribution >= 4 is 28.6 Å². The molecule has 8 nitrogen and oxygen atoms in total. The molecule has 0 saturated carbocycles. The normalized spacial score (nSPS) is 12.9. The molecule has 0 radical (unpaired) electrons. The van der Waals surface area contributed by atoms with Gasteiger partial charge in [0.25, 0.3) is 0 Å². The molecule has 0 spiro atoms. The lowest BCUT2D eigenvalue weighted by atomic mass is 10.0. The first-order chi connectivity index (χ1) is 17.4. The third-order valence-electron chi connectivity index (χ3n) is 6.37. The van der Waals surface area contributed by atoms with E-state index in [4.69, 9.17) is 9.97 Å². The summed E-state index contributed by atoms with van der Waals surface area (Å²) in [6.45, 7) is 10.4. The van der Waals surface area contributed by atoms with Gasteiger partial charge in [0.15, 0.2) is 11.4 Å². The van der Waals surface area contributed by atoms with Gasteiger partial charge in [-0.05, 0) is 63.0 Å². The van der Waals surface area contributed by atoms with E-state index in [0.29, 0.717) is 41.7 Å². The molecule has 0 aliphatic rings. The number of nitrogens with zero attached hydrogens (tertiary/aromatic N) is 5. The van der Waals surface area contributed by atoms with Gasteiger partial charge in [-0.1, -0.05) is 27.3 Å². The molecule has 4 aromatic rings. The minimum absolute atomic E-state index is 0. The second kappa shape index (κ2) is 12.9. The van der Waals surface area contributed by atoms with E-state index >= 15 is 0 Å². The summed E-state index contributed by atoms with van der Waals surface area (Å²) in [5.41, 5.74) is 3.50. The predicted octanol–water partition coefficient (Wildman–Crippen LogP) is 5.64. The lowest BCUT2D eigenvalue weighted by Crippen LogP contribution is -2.33. The van der Waals surface area contributed by atoms with E-state index in [9.17, 15) is 9.90 Å². The second-order valence-electron chi connectivity index (χ2n) is 9.00. The Kier molecular flexibility index (Phi) is 9.91. The van der Waals surface area contributed by atoms with Gasteiger partial charge in [-0.3, -0.25) is 4.79 Å². The number of aliphatic hydroxyl groups is 1. The van der Waals surface area contributed by atoms with Crippen LogP contribution in [-0.2, 0) is 0 Å². The number of ketones is 1. The van der Waals surface area contributed by atoms with E-state index in [1.807, 2.05) is 35.8 Å². The fourth-order valence-electron chi connectivity index (χ4n) is 4.30. The third-order valence-corrected chi connectivity index (χ3v) is 7.26. The van der Waals surface area contributed by atoms with Gasteiger partial charge in [0.1, 0.15) is 5.82 Å². The number of rotatable bonds is 12. The third kappa shape index (κ3) is 6.80. The highest BCUT2D eigenvalue weighted by molar-refractivity contribution is 7.13. The number of fused-ring (bicyclic) bond motifs is 1. The van der Waals surface area contributed by atoms with Crippen LogP contribution >= 0.6 is 11.3 Å². The molecule has 0 saturated heterocycles. The van der Waals surface area contributed by atoms with Crippen LogP contribution in [0.25, 0.3) is 27.5 Å². The second-order valence-corrected chi connectivity index (χ2v) is 9.95. The number of pyridine rings is 1. The molecule has 9 heteroatoms. The summed E-state index contributed by atoms with van der Waals surface area (Å²) in [4.78, 5) is 26.3. The summed E-state index contributed by atoms with van der Waals surface area (Å²) < 4.78 is 1.72. The van der Waals surface area contributed by atoms with Crippen LogP contribution in [0.4, 0.5) is 5.82 Å². The molecule has 0 unspecified atom stereocenters. The van der Waals surface area contributed by atoms with Crippen molar-refractivity contribution in [2.45, 2.75) is 60.1 Å². The van der Waals surface area contributed by atoms with E-state index in [-0.39, 0.29) is 13.2 Å². The molecule has 0 fully saturated rings. The Morgan fingerprint density at radius 2 is 1.95 bits per heavy atom. The number of carbonyl (C=O) groups is 1. The van der Waals surface area contributed by atoms with Gasteiger partial charge in [-0.15, -0.1) is 11.3 Å². The van der Waals surface area contributed by atoms with Gasteiger partial charge in [0.2, 0.25) is 0 Å². The number of aliphatic hydroxyl groups excluding tert-OH is 1. The van der Waals surface area contributed by atoms with Gasteiger partial charge in [0.05, 0.1) is 34.1 Å². The minimum Gasteiger partial charge on any atom is -0.392 e. The number of aromatic nitrogens is 4. The molecule has 0 aliphatic heterocycles. The first-order valence-corrected chi connectivity index (χ1v) is 13.4. The van der Waals surface area contributed by atoms with Crippen molar-refractivity contribution in [2.75, 3.05) is 25.0 Å². The average molecular weight is 523 g/mol. The van der Waals surface area contributed by atoms with Gasteiger partial charge in [0, 0.05) is 30.8 Å². The number of carbonyl (C=O) groups excluding carboxylic acids is 1. The van der Waals surface area contributed by atoms with Crippen molar-refractivity contribution in [3.63, 3.8) is 0 Å². The standard InChI is InChI=1S/C27H34N6O2S.CH4/c1-5-32(6-2)18(3)9-10-24(35)20-14-23(30-26(15-20)28-16-19(4)34)21-17-29-33-12-11-22(31-27(21)33)25-8-7-13-36-25;/h7-8,11-15,17-19,34H,5-6,9-10,16H2,1-4H3,(H,28,30);1H4/t18-,19-;/m0./s1. The molecule has 4 rings (SSSR count). The maximum Gasteiger partial charge on any atom is 0.165 e. The molecular weight excluding hydrogens is 484 g/mol. The number of nitrogens with one attached hydrogen (secondary N) is 1. The first-order valence-electron chi connectivity index (χ1n) is 12.5. The van der Waals surface area contributed by atoms with Crippen molar-refractivity contribution in [2.24, 2.45) is 0 Å². The zero-order chi connectivity index (χ0) is 25.7. The average Bonchev–Trinajstić information content (AvgIpc) is 3.56. The topological polar surface area (TPSA) is 95.7 Å². The SMILES string of the molecule is C.CCN(CC)[C@@H](C)CCC(=O)c1cc(NC[C@H](C)O)nc(-c2cnn3ccc(-c4cccs4)nc23)c1. The Morgan fingerprint density at radius 3 is 2.62 bits per heavy atom. The van der Waals surface area contributed by atoms with E-state index in [1.165, 1.54) is 0 Å². The highest BCUT2D eigenvalue weighted by Gasteiger charge is 2.18. The van der Waals surface area contributed by atoms with E-state index in [1.54, 1.807) is 35.0 Å². The van der Waals surface area contributed by atoms with Crippen LogP contribution in [0.15, 0.2) is 48.1 Å². The molecule has 37 heavy (non-hydrogen) atoms. The molecule has 0 amide bonds. The van der Waals surface area contributed by atoms with Crippen LogP contribution in [0.3, 0.4) is 0 Å². The van der Waals surface area contributed by atoms with Gasteiger partial charge in [-0.25, -0.2) is 14.5 Å². The Labute approximate surface area is 223 Å². The predicted molar refractivity (Wildman–Crippen MR) is 152 cm³/mol. The fourth-order valence-corrected chi connectivity index (χ4v) is 4.99. The molecule has 0 aromatic carbocycles. The zero-order valence-electron chi connectivity index (χ0n) is 21.3. The monoisotopic (exact) mass is 522 g/mol. The lowest BCUT2D eigenvalue weighted by molar-refractivity contribution is 0.0964. The largest absolute Gasteiger partial charge is 0.392 e. The Balaban J connectivity index is 0.00000380. The Bertz CT molecular complexity index is 1300. The highest BCUT2D eigenvalue weighted by atomic mass is 32.1. The summed E-state index contributed by atoms with van der Waals surface area (Å²) >= 11 is 1.63. The summed E-state index contributed by atoms with van der Waals surface area (Å²) in [6, 6.07) is 9.91. The number of anilines is 1. The van der Waals surface area contributed by atoms with Crippen molar-refractivity contribution in [1.29, 1.82) is 0 Å². The van der Waals surface area contributed by atoms with Gasteiger partial charge >= 0.3 is 0 Å². The van der Waals surface area contributed by atoms with E-state index in [0.717, 1.165) is 35.6 Å². The molecule has 198 valence electrons. The maximum absolute atomic E-state index is 13.3. The molecule has 0 bridgehead atoms. The quantitative estimate of drug-likeness (QED) is 0.232. The minimum atomic E-state index is -0.545.